The summed E-state index contributed by atoms with van der Waals surface area (Å²) in [5.41, 5.74) is 3.00. The first-order chi connectivity index (χ1) is 14.4. The van der Waals surface area contributed by atoms with E-state index in [0.29, 0.717) is 23.7 Å². The number of hydrogen-bond donors (Lipinski definition) is 1. The lowest BCUT2D eigenvalue weighted by Gasteiger charge is -2.37. The monoisotopic (exact) mass is 427 g/mol. The number of nitrogens with one attached hydrogen (secondary N) is 1. The SMILES string of the molecule is Cc1ccccc1CN1CCN(C(=O)[C@@H](NC(=O)c2ccccc2Cl)C(C)C)CC1. The lowest BCUT2D eigenvalue weighted by atomic mass is 10.0. The number of benzene rings is 2. The molecule has 0 unspecified atom stereocenters. The molecule has 0 aliphatic carbocycles. The molecule has 30 heavy (non-hydrogen) atoms. The Morgan fingerprint density at radius 2 is 1.63 bits per heavy atom. The average molecular weight is 428 g/mol. The fraction of sp³-hybridized carbons (Fsp3) is 0.417. The highest BCUT2D eigenvalue weighted by Crippen LogP contribution is 2.17. The summed E-state index contributed by atoms with van der Waals surface area (Å²) in [7, 11) is 0. The van der Waals surface area contributed by atoms with Crippen LogP contribution in [0.1, 0.15) is 35.3 Å². The van der Waals surface area contributed by atoms with Crippen LogP contribution < -0.4 is 5.32 Å². The van der Waals surface area contributed by atoms with Gasteiger partial charge in [-0.1, -0.05) is 61.8 Å². The van der Waals surface area contributed by atoms with E-state index < -0.39 is 6.04 Å². The van der Waals surface area contributed by atoms with E-state index in [4.69, 9.17) is 11.6 Å². The van der Waals surface area contributed by atoms with Crippen molar-refractivity contribution in [3.8, 4) is 0 Å². The van der Waals surface area contributed by atoms with Gasteiger partial charge in [-0.2, -0.15) is 0 Å². The summed E-state index contributed by atoms with van der Waals surface area (Å²) in [6.07, 6.45) is 0. The summed E-state index contributed by atoms with van der Waals surface area (Å²) in [4.78, 5) is 30.1. The average Bonchev–Trinajstić information content (AvgIpc) is 2.73. The third kappa shape index (κ3) is 5.41. The zero-order valence-corrected chi connectivity index (χ0v) is 18.7. The van der Waals surface area contributed by atoms with E-state index in [2.05, 4.69) is 41.4 Å². The molecular formula is C24H30ClN3O2. The Kier molecular flexibility index (Phi) is 7.51. The van der Waals surface area contributed by atoms with Gasteiger partial charge in [-0.05, 0) is 36.1 Å². The Balaban J connectivity index is 1.59. The van der Waals surface area contributed by atoms with Crippen molar-refractivity contribution in [1.82, 2.24) is 15.1 Å². The molecule has 160 valence electrons. The maximum Gasteiger partial charge on any atom is 0.253 e. The maximum absolute atomic E-state index is 13.2. The zero-order chi connectivity index (χ0) is 21.7. The first kappa shape index (κ1) is 22.3. The van der Waals surface area contributed by atoms with Gasteiger partial charge in [-0.25, -0.2) is 0 Å². The summed E-state index contributed by atoms with van der Waals surface area (Å²) < 4.78 is 0. The van der Waals surface area contributed by atoms with Crippen LogP contribution in [0.15, 0.2) is 48.5 Å². The van der Waals surface area contributed by atoms with E-state index in [1.807, 2.05) is 18.7 Å². The third-order valence-electron chi connectivity index (χ3n) is 5.68. The normalized spacial score (nSPS) is 15.8. The van der Waals surface area contributed by atoms with Crippen molar-refractivity contribution in [3.05, 3.63) is 70.2 Å². The van der Waals surface area contributed by atoms with Crippen LogP contribution in [0, 0.1) is 12.8 Å². The van der Waals surface area contributed by atoms with Gasteiger partial charge in [-0.3, -0.25) is 14.5 Å². The maximum atomic E-state index is 13.2. The number of nitrogens with zero attached hydrogens (tertiary/aromatic N) is 2. The first-order valence-corrected chi connectivity index (χ1v) is 10.9. The van der Waals surface area contributed by atoms with E-state index in [9.17, 15) is 9.59 Å². The molecule has 0 radical (unpaired) electrons. The van der Waals surface area contributed by atoms with Gasteiger partial charge in [0.1, 0.15) is 6.04 Å². The molecule has 1 aliphatic heterocycles. The molecule has 0 saturated carbocycles. The molecule has 6 heteroatoms. The zero-order valence-electron chi connectivity index (χ0n) is 17.9. The highest BCUT2D eigenvalue weighted by Gasteiger charge is 2.31. The van der Waals surface area contributed by atoms with Crippen LogP contribution in [0.25, 0.3) is 0 Å². The van der Waals surface area contributed by atoms with Gasteiger partial charge < -0.3 is 10.2 Å². The van der Waals surface area contributed by atoms with Crippen molar-refractivity contribution < 1.29 is 9.59 Å². The highest BCUT2D eigenvalue weighted by molar-refractivity contribution is 6.33. The Labute approximate surface area is 184 Å². The van der Waals surface area contributed by atoms with Crippen LogP contribution in [-0.4, -0.2) is 53.8 Å². The van der Waals surface area contributed by atoms with Gasteiger partial charge >= 0.3 is 0 Å². The van der Waals surface area contributed by atoms with Crippen molar-refractivity contribution in [2.45, 2.75) is 33.4 Å². The topological polar surface area (TPSA) is 52.6 Å². The number of rotatable bonds is 6. The number of hydrogen-bond acceptors (Lipinski definition) is 3. The minimum atomic E-state index is -0.573. The summed E-state index contributed by atoms with van der Waals surface area (Å²) in [6.45, 7) is 9.89. The van der Waals surface area contributed by atoms with E-state index in [-0.39, 0.29) is 17.7 Å². The van der Waals surface area contributed by atoms with Gasteiger partial charge in [0.25, 0.3) is 5.91 Å². The second-order valence-corrected chi connectivity index (χ2v) is 8.61. The van der Waals surface area contributed by atoms with E-state index >= 15 is 0 Å². The quantitative estimate of drug-likeness (QED) is 0.763. The lowest BCUT2D eigenvalue weighted by molar-refractivity contribution is -0.136. The minimum Gasteiger partial charge on any atom is -0.340 e. The number of carbonyl (C=O) groups excluding carboxylic acids is 2. The predicted molar refractivity (Wildman–Crippen MR) is 121 cm³/mol. The molecule has 1 fully saturated rings. The Morgan fingerprint density at radius 3 is 2.27 bits per heavy atom. The van der Waals surface area contributed by atoms with Gasteiger partial charge in [0.2, 0.25) is 5.91 Å². The van der Waals surface area contributed by atoms with Crippen LogP contribution in [0.4, 0.5) is 0 Å². The van der Waals surface area contributed by atoms with Crippen molar-refractivity contribution in [3.63, 3.8) is 0 Å². The second kappa shape index (κ2) is 10.1. The second-order valence-electron chi connectivity index (χ2n) is 8.20. The Hall–Kier alpha value is -2.37. The third-order valence-corrected chi connectivity index (χ3v) is 6.01. The van der Waals surface area contributed by atoms with Crippen molar-refractivity contribution in [2.24, 2.45) is 5.92 Å². The molecule has 1 N–H and O–H groups in total. The van der Waals surface area contributed by atoms with E-state index in [0.717, 1.165) is 19.6 Å². The molecule has 3 rings (SSSR count). The molecule has 1 atom stereocenters. The predicted octanol–water partition coefficient (Wildman–Crippen LogP) is 3.75. The van der Waals surface area contributed by atoms with Crippen molar-refractivity contribution in [2.75, 3.05) is 26.2 Å². The van der Waals surface area contributed by atoms with Crippen LogP contribution in [0.5, 0.6) is 0 Å². The molecule has 2 aromatic carbocycles. The van der Waals surface area contributed by atoms with E-state index in [1.54, 1.807) is 24.3 Å². The van der Waals surface area contributed by atoms with E-state index in [1.165, 1.54) is 11.1 Å². The number of halogens is 1. The molecule has 1 saturated heterocycles. The molecule has 5 nitrogen and oxygen atoms in total. The van der Waals surface area contributed by atoms with Crippen LogP contribution >= 0.6 is 11.6 Å². The summed E-state index contributed by atoms with van der Waals surface area (Å²) in [5, 5.41) is 3.29. The minimum absolute atomic E-state index is 0.0195. The van der Waals surface area contributed by atoms with Crippen LogP contribution in [0.3, 0.4) is 0 Å². The largest absolute Gasteiger partial charge is 0.340 e. The molecule has 0 spiro atoms. The van der Waals surface area contributed by atoms with Crippen LogP contribution in [0.2, 0.25) is 5.02 Å². The van der Waals surface area contributed by atoms with Crippen molar-refractivity contribution >= 4 is 23.4 Å². The number of carbonyl (C=O) groups is 2. The number of piperazine rings is 1. The molecule has 1 aliphatic rings. The van der Waals surface area contributed by atoms with Gasteiger partial charge in [0.05, 0.1) is 10.6 Å². The Morgan fingerprint density at radius 1 is 1.00 bits per heavy atom. The molecule has 2 amide bonds. The number of aryl methyl sites for hydroxylation is 1. The van der Waals surface area contributed by atoms with Gasteiger partial charge in [0, 0.05) is 32.7 Å². The molecule has 2 aromatic rings. The summed E-state index contributed by atoms with van der Waals surface area (Å²) in [6, 6.07) is 14.7. The fourth-order valence-electron chi connectivity index (χ4n) is 3.73. The Bertz CT molecular complexity index is 892. The number of amides is 2. The van der Waals surface area contributed by atoms with Gasteiger partial charge in [0.15, 0.2) is 0 Å². The molecular weight excluding hydrogens is 398 g/mol. The fourth-order valence-corrected chi connectivity index (χ4v) is 3.95. The van der Waals surface area contributed by atoms with Crippen LogP contribution in [-0.2, 0) is 11.3 Å². The summed E-state index contributed by atoms with van der Waals surface area (Å²) in [5.74, 6) is -0.360. The van der Waals surface area contributed by atoms with Crippen molar-refractivity contribution in [1.29, 1.82) is 0 Å². The first-order valence-electron chi connectivity index (χ1n) is 10.5. The molecule has 1 heterocycles. The molecule has 0 bridgehead atoms. The van der Waals surface area contributed by atoms with Gasteiger partial charge in [-0.15, -0.1) is 0 Å². The summed E-state index contributed by atoms with van der Waals surface area (Å²) >= 11 is 6.14. The smallest absolute Gasteiger partial charge is 0.253 e. The molecule has 0 aromatic heterocycles. The standard InChI is InChI=1S/C24H30ClN3O2/c1-17(2)22(26-23(29)20-10-6-7-11-21(20)25)24(30)28-14-12-27(13-15-28)16-19-9-5-4-8-18(19)3/h4-11,17,22H,12-16H2,1-3H3,(H,26,29)/t22-/m0/s1. The lowest BCUT2D eigenvalue weighted by Crippen LogP contribution is -2.56. The highest BCUT2D eigenvalue weighted by atomic mass is 35.5.